The molecule has 0 unspecified atom stereocenters. The molecule has 0 bridgehead atoms. The van der Waals surface area contributed by atoms with Crippen LogP contribution in [0.3, 0.4) is 0 Å². The quantitative estimate of drug-likeness (QED) is 0.715. The first-order valence-corrected chi connectivity index (χ1v) is 5.98. The lowest BCUT2D eigenvalue weighted by Crippen LogP contribution is -1.86. The maximum absolute atomic E-state index is 6.07. The van der Waals surface area contributed by atoms with Gasteiger partial charge in [-0.25, -0.2) is 0 Å². The highest BCUT2D eigenvalue weighted by molar-refractivity contribution is 7.19. The number of benzene rings is 1. The molecule has 0 fully saturated rings. The number of halogens is 1. The van der Waals surface area contributed by atoms with E-state index in [9.17, 15) is 0 Å². The molecule has 5 nitrogen and oxygen atoms in total. The molecule has 0 N–H and O–H groups in total. The second kappa shape index (κ2) is 3.97. The number of hydrogen-bond donors (Lipinski definition) is 0. The van der Waals surface area contributed by atoms with Crippen LogP contribution in [0.1, 0.15) is 0 Å². The van der Waals surface area contributed by atoms with Crippen LogP contribution in [0.15, 0.2) is 24.5 Å². The van der Waals surface area contributed by atoms with Gasteiger partial charge < -0.3 is 4.74 Å². The Balaban J connectivity index is 2.09. The molecular formula is C10H7ClN4OS. The smallest absolute Gasteiger partial charge is 0.234 e. The zero-order valence-corrected chi connectivity index (χ0v) is 10.4. The van der Waals surface area contributed by atoms with Gasteiger partial charge in [0.15, 0.2) is 0 Å². The van der Waals surface area contributed by atoms with E-state index in [0.717, 1.165) is 15.5 Å². The Hall–Kier alpha value is -1.66. The topological polar surface area (TPSA) is 52.3 Å². The van der Waals surface area contributed by atoms with E-state index in [2.05, 4.69) is 15.3 Å². The summed E-state index contributed by atoms with van der Waals surface area (Å²) in [6, 6.07) is 5.56. The van der Waals surface area contributed by atoms with Gasteiger partial charge in [-0.05, 0) is 18.2 Å². The molecule has 2 heterocycles. The number of hydrogen-bond acceptors (Lipinski definition) is 5. The van der Waals surface area contributed by atoms with Crippen LogP contribution in [0.5, 0.6) is 5.75 Å². The molecule has 0 aliphatic heterocycles. The lowest BCUT2D eigenvalue weighted by Gasteiger charge is -2.03. The van der Waals surface area contributed by atoms with Gasteiger partial charge >= 0.3 is 0 Å². The van der Waals surface area contributed by atoms with Gasteiger partial charge in [0.1, 0.15) is 17.1 Å². The van der Waals surface area contributed by atoms with E-state index in [0.29, 0.717) is 10.8 Å². The average Bonchev–Trinajstić information content (AvgIpc) is 2.88. The van der Waals surface area contributed by atoms with Crippen LogP contribution in [0.25, 0.3) is 15.5 Å². The van der Waals surface area contributed by atoms with Crippen LogP contribution in [0, 0.1) is 0 Å². The zero-order chi connectivity index (χ0) is 11.8. The van der Waals surface area contributed by atoms with E-state index in [1.54, 1.807) is 18.0 Å². The molecule has 0 aliphatic rings. The standard InChI is InChI=1S/C10H7ClN4OS/c1-16-8-3-2-6(4-7(8)11)9-14-15-5-12-13-10(15)17-9/h2-5H,1H3. The first kappa shape index (κ1) is 10.5. The molecule has 3 rings (SSSR count). The summed E-state index contributed by atoms with van der Waals surface area (Å²) in [5.74, 6) is 0.651. The summed E-state index contributed by atoms with van der Waals surface area (Å²) in [5.41, 5.74) is 0.936. The third kappa shape index (κ3) is 1.75. The zero-order valence-electron chi connectivity index (χ0n) is 8.79. The second-order valence-corrected chi connectivity index (χ2v) is 4.68. The molecule has 17 heavy (non-hydrogen) atoms. The van der Waals surface area contributed by atoms with Crippen molar-refractivity contribution in [3.8, 4) is 16.3 Å². The van der Waals surface area contributed by atoms with Gasteiger partial charge in [-0.15, -0.1) is 10.2 Å². The van der Waals surface area contributed by atoms with Crippen molar-refractivity contribution in [2.24, 2.45) is 0 Å². The Labute approximate surface area is 106 Å². The Morgan fingerprint density at radius 3 is 3.00 bits per heavy atom. The van der Waals surface area contributed by atoms with Crippen LogP contribution >= 0.6 is 22.9 Å². The molecule has 0 aliphatic carbocycles. The number of aromatic nitrogens is 4. The summed E-state index contributed by atoms with van der Waals surface area (Å²) < 4.78 is 6.74. The first-order valence-electron chi connectivity index (χ1n) is 4.78. The van der Waals surface area contributed by atoms with Gasteiger partial charge in [-0.1, -0.05) is 22.9 Å². The Bertz CT molecular complexity index is 649. The fraction of sp³-hybridized carbons (Fsp3) is 0.100. The maximum Gasteiger partial charge on any atom is 0.234 e. The number of methoxy groups -OCH3 is 1. The lowest BCUT2D eigenvalue weighted by atomic mass is 10.2. The third-order valence-electron chi connectivity index (χ3n) is 2.29. The van der Waals surface area contributed by atoms with Crippen molar-refractivity contribution < 1.29 is 4.74 Å². The molecule has 0 spiro atoms. The van der Waals surface area contributed by atoms with Gasteiger partial charge in [0.2, 0.25) is 4.96 Å². The average molecular weight is 267 g/mol. The molecule has 2 aromatic heterocycles. The summed E-state index contributed by atoms with van der Waals surface area (Å²) >= 11 is 7.53. The Kier molecular flexibility index (Phi) is 2.45. The van der Waals surface area contributed by atoms with Gasteiger partial charge in [-0.3, -0.25) is 0 Å². The largest absolute Gasteiger partial charge is 0.495 e. The maximum atomic E-state index is 6.07. The molecule has 0 amide bonds. The van der Waals surface area contributed by atoms with Crippen molar-refractivity contribution in [2.75, 3.05) is 7.11 Å². The molecule has 3 aromatic rings. The van der Waals surface area contributed by atoms with Crippen molar-refractivity contribution >= 4 is 27.9 Å². The van der Waals surface area contributed by atoms with Crippen molar-refractivity contribution in [1.29, 1.82) is 0 Å². The molecule has 86 valence electrons. The number of ether oxygens (including phenoxy) is 1. The minimum Gasteiger partial charge on any atom is -0.495 e. The van der Waals surface area contributed by atoms with Crippen LogP contribution in [0.2, 0.25) is 5.02 Å². The fourth-order valence-electron chi connectivity index (χ4n) is 1.48. The number of nitrogens with zero attached hydrogens (tertiary/aromatic N) is 4. The molecule has 0 saturated heterocycles. The van der Waals surface area contributed by atoms with E-state index in [1.807, 2.05) is 18.2 Å². The summed E-state index contributed by atoms with van der Waals surface area (Å²) in [6.45, 7) is 0. The summed E-state index contributed by atoms with van der Waals surface area (Å²) in [6.07, 6.45) is 1.57. The van der Waals surface area contributed by atoms with Crippen LogP contribution in [-0.4, -0.2) is 26.9 Å². The van der Waals surface area contributed by atoms with Crippen molar-refractivity contribution in [3.63, 3.8) is 0 Å². The van der Waals surface area contributed by atoms with Crippen molar-refractivity contribution in [1.82, 2.24) is 19.8 Å². The van der Waals surface area contributed by atoms with Gasteiger partial charge in [0.05, 0.1) is 12.1 Å². The molecule has 7 heteroatoms. The van der Waals surface area contributed by atoms with Gasteiger partial charge in [0.25, 0.3) is 0 Å². The second-order valence-electron chi connectivity index (χ2n) is 3.31. The monoisotopic (exact) mass is 266 g/mol. The Morgan fingerprint density at radius 1 is 1.41 bits per heavy atom. The minimum absolute atomic E-state index is 0.566. The number of rotatable bonds is 2. The molecular weight excluding hydrogens is 260 g/mol. The summed E-state index contributed by atoms with van der Waals surface area (Å²) in [7, 11) is 1.59. The summed E-state index contributed by atoms with van der Waals surface area (Å²) in [4.78, 5) is 0.756. The van der Waals surface area contributed by atoms with Crippen molar-refractivity contribution in [2.45, 2.75) is 0 Å². The van der Waals surface area contributed by atoms with Gasteiger partial charge in [0, 0.05) is 5.56 Å². The van der Waals surface area contributed by atoms with E-state index in [-0.39, 0.29) is 0 Å². The third-order valence-corrected chi connectivity index (χ3v) is 3.54. The minimum atomic E-state index is 0.566. The number of fused-ring (bicyclic) bond motifs is 1. The van der Waals surface area contributed by atoms with Crippen LogP contribution in [0.4, 0.5) is 0 Å². The normalized spacial score (nSPS) is 10.9. The first-order chi connectivity index (χ1) is 8.28. The molecule has 1 aromatic carbocycles. The highest BCUT2D eigenvalue weighted by Gasteiger charge is 2.09. The molecule has 0 radical (unpaired) electrons. The predicted molar refractivity (Wildman–Crippen MR) is 65.7 cm³/mol. The SMILES string of the molecule is COc1ccc(-c2nn3cnnc3s2)cc1Cl. The predicted octanol–water partition coefficient (Wildman–Crippen LogP) is 2.51. The van der Waals surface area contributed by atoms with Crippen molar-refractivity contribution in [3.05, 3.63) is 29.5 Å². The van der Waals surface area contributed by atoms with Crippen LogP contribution in [-0.2, 0) is 0 Å². The molecule has 0 atom stereocenters. The van der Waals surface area contributed by atoms with E-state index in [1.165, 1.54) is 11.3 Å². The van der Waals surface area contributed by atoms with E-state index >= 15 is 0 Å². The van der Waals surface area contributed by atoms with Gasteiger partial charge in [-0.2, -0.15) is 9.61 Å². The van der Waals surface area contributed by atoms with Crippen LogP contribution < -0.4 is 4.74 Å². The summed E-state index contributed by atoms with van der Waals surface area (Å²) in [5, 5.41) is 13.5. The highest BCUT2D eigenvalue weighted by atomic mass is 35.5. The lowest BCUT2D eigenvalue weighted by molar-refractivity contribution is 0.415. The highest BCUT2D eigenvalue weighted by Crippen LogP contribution is 2.31. The Morgan fingerprint density at radius 2 is 2.29 bits per heavy atom. The van der Waals surface area contributed by atoms with E-state index < -0.39 is 0 Å². The fourth-order valence-corrected chi connectivity index (χ4v) is 2.55. The van der Waals surface area contributed by atoms with E-state index in [4.69, 9.17) is 16.3 Å². The molecule has 0 saturated carbocycles.